The number of hydrogen-bond acceptors (Lipinski definition) is 6. The molecule has 0 amide bonds. The zero-order valence-electron chi connectivity index (χ0n) is 11.7. The van der Waals surface area contributed by atoms with Crippen molar-refractivity contribution in [2.45, 2.75) is 26.2 Å². The van der Waals surface area contributed by atoms with Gasteiger partial charge in [0.2, 0.25) is 0 Å². The maximum atomic E-state index is 9.20. The lowest BCUT2D eigenvalue weighted by molar-refractivity contribution is 0.273. The van der Waals surface area contributed by atoms with Gasteiger partial charge in [-0.2, -0.15) is 14.6 Å². The van der Waals surface area contributed by atoms with E-state index in [1.165, 1.54) is 0 Å². The molecule has 0 radical (unpaired) electrons. The first kappa shape index (κ1) is 13.0. The first-order valence-electron chi connectivity index (χ1n) is 6.57. The van der Waals surface area contributed by atoms with Crippen molar-refractivity contribution in [1.82, 2.24) is 24.7 Å². The Bertz CT molecular complexity index is 640. The van der Waals surface area contributed by atoms with E-state index in [1.54, 1.807) is 11.8 Å². The van der Waals surface area contributed by atoms with E-state index in [1.807, 2.05) is 19.9 Å². The number of rotatable bonds is 4. The van der Waals surface area contributed by atoms with E-state index in [0.29, 0.717) is 23.6 Å². The highest BCUT2D eigenvalue weighted by molar-refractivity contribution is 5.31. The van der Waals surface area contributed by atoms with Crippen molar-refractivity contribution in [1.29, 1.82) is 0 Å². The standard InChI is InChI=1S/C13H17N5O2/c1-7-14-8(2)18(17-7)12-5-11(10-4-9(10)6-19)15-13(16-12)20-3/h5,9-10,19H,4,6H2,1-3H3/t9-,10+/m0/s1. The molecule has 0 unspecified atom stereocenters. The molecule has 2 aromatic rings. The fourth-order valence-electron chi connectivity index (χ4n) is 2.37. The summed E-state index contributed by atoms with van der Waals surface area (Å²) >= 11 is 0. The van der Waals surface area contributed by atoms with Crippen LogP contribution in [0.3, 0.4) is 0 Å². The van der Waals surface area contributed by atoms with Crippen LogP contribution in [-0.4, -0.2) is 43.6 Å². The van der Waals surface area contributed by atoms with Gasteiger partial charge < -0.3 is 9.84 Å². The SMILES string of the molecule is COc1nc([C@@H]2C[C@H]2CO)cc(-n2nc(C)nc2C)n1. The highest BCUT2D eigenvalue weighted by Gasteiger charge is 2.39. The Morgan fingerprint density at radius 1 is 1.35 bits per heavy atom. The Hall–Kier alpha value is -2.02. The van der Waals surface area contributed by atoms with Gasteiger partial charge in [0.15, 0.2) is 5.82 Å². The predicted molar refractivity (Wildman–Crippen MR) is 70.9 cm³/mol. The van der Waals surface area contributed by atoms with Crippen LogP contribution in [0.5, 0.6) is 6.01 Å². The molecule has 1 aliphatic carbocycles. The van der Waals surface area contributed by atoms with Crippen molar-refractivity contribution < 1.29 is 9.84 Å². The van der Waals surface area contributed by atoms with Gasteiger partial charge in [0, 0.05) is 18.6 Å². The minimum absolute atomic E-state index is 0.188. The molecule has 1 fully saturated rings. The van der Waals surface area contributed by atoms with Crippen LogP contribution in [0.25, 0.3) is 5.82 Å². The van der Waals surface area contributed by atoms with Crippen LogP contribution in [0, 0.1) is 19.8 Å². The zero-order valence-corrected chi connectivity index (χ0v) is 11.7. The first-order chi connectivity index (χ1) is 9.62. The second-order valence-corrected chi connectivity index (χ2v) is 5.04. The van der Waals surface area contributed by atoms with E-state index < -0.39 is 0 Å². The zero-order chi connectivity index (χ0) is 14.3. The van der Waals surface area contributed by atoms with Crippen LogP contribution in [0.1, 0.15) is 29.7 Å². The van der Waals surface area contributed by atoms with Crippen molar-refractivity contribution >= 4 is 0 Å². The number of aliphatic hydroxyl groups excluding tert-OH is 1. The van der Waals surface area contributed by atoms with E-state index in [4.69, 9.17) is 4.74 Å². The molecule has 3 rings (SSSR count). The summed E-state index contributed by atoms with van der Waals surface area (Å²) in [5.41, 5.74) is 0.887. The number of ether oxygens (including phenoxy) is 1. The van der Waals surface area contributed by atoms with E-state index in [9.17, 15) is 5.11 Å². The van der Waals surface area contributed by atoms with Gasteiger partial charge in [0.25, 0.3) is 0 Å². The Morgan fingerprint density at radius 2 is 2.15 bits per heavy atom. The van der Waals surface area contributed by atoms with Gasteiger partial charge >= 0.3 is 6.01 Å². The molecule has 0 saturated heterocycles. The van der Waals surface area contributed by atoms with Gasteiger partial charge in [-0.15, -0.1) is 5.10 Å². The minimum atomic E-state index is 0.188. The summed E-state index contributed by atoms with van der Waals surface area (Å²) < 4.78 is 6.84. The topological polar surface area (TPSA) is 86.0 Å². The smallest absolute Gasteiger partial charge is 0.318 e. The molecule has 0 aliphatic heterocycles. The number of aromatic nitrogens is 5. The summed E-state index contributed by atoms with van der Waals surface area (Å²) in [5.74, 6) is 2.68. The maximum absolute atomic E-state index is 9.20. The second-order valence-electron chi connectivity index (χ2n) is 5.04. The summed E-state index contributed by atoms with van der Waals surface area (Å²) in [5, 5.41) is 13.5. The van der Waals surface area contributed by atoms with Crippen LogP contribution in [-0.2, 0) is 0 Å². The van der Waals surface area contributed by atoms with E-state index >= 15 is 0 Å². The fraction of sp³-hybridized carbons (Fsp3) is 0.538. The van der Waals surface area contributed by atoms with Crippen molar-refractivity contribution in [3.05, 3.63) is 23.4 Å². The van der Waals surface area contributed by atoms with Crippen molar-refractivity contribution in [2.24, 2.45) is 5.92 Å². The molecule has 20 heavy (non-hydrogen) atoms. The lowest BCUT2D eigenvalue weighted by Crippen LogP contribution is -2.07. The highest BCUT2D eigenvalue weighted by atomic mass is 16.5. The number of hydrogen-bond donors (Lipinski definition) is 1. The summed E-state index contributed by atoms with van der Waals surface area (Å²) in [6.45, 7) is 3.90. The van der Waals surface area contributed by atoms with E-state index in [0.717, 1.165) is 17.9 Å². The van der Waals surface area contributed by atoms with Crippen LogP contribution in [0.4, 0.5) is 0 Å². The summed E-state index contributed by atoms with van der Waals surface area (Å²) in [6.07, 6.45) is 0.950. The molecule has 1 N–H and O–H groups in total. The molecule has 7 nitrogen and oxygen atoms in total. The predicted octanol–water partition coefficient (Wildman–Crippen LogP) is 0.779. The lowest BCUT2D eigenvalue weighted by atomic mass is 10.2. The molecule has 2 aromatic heterocycles. The normalized spacial score (nSPS) is 21.0. The largest absolute Gasteiger partial charge is 0.467 e. The molecular weight excluding hydrogens is 258 g/mol. The molecule has 106 valence electrons. The maximum Gasteiger partial charge on any atom is 0.318 e. The number of methoxy groups -OCH3 is 1. The van der Waals surface area contributed by atoms with Gasteiger partial charge in [0.05, 0.1) is 12.8 Å². The van der Waals surface area contributed by atoms with Gasteiger partial charge in [-0.1, -0.05) is 0 Å². The molecule has 2 heterocycles. The molecule has 2 atom stereocenters. The lowest BCUT2D eigenvalue weighted by Gasteiger charge is -2.07. The Morgan fingerprint density at radius 3 is 2.70 bits per heavy atom. The summed E-state index contributed by atoms with van der Waals surface area (Å²) in [7, 11) is 1.54. The van der Waals surface area contributed by atoms with Crippen molar-refractivity contribution in [2.75, 3.05) is 13.7 Å². The van der Waals surface area contributed by atoms with Gasteiger partial charge in [-0.05, 0) is 26.2 Å². The molecule has 1 aliphatic rings. The monoisotopic (exact) mass is 275 g/mol. The van der Waals surface area contributed by atoms with Crippen LogP contribution in [0.15, 0.2) is 6.07 Å². The van der Waals surface area contributed by atoms with Gasteiger partial charge in [-0.25, -0.2) is 4.98 Å². The van der Waals surface area contributed by atoms with Crippen LogP contribution in [0.2, 0.25) is 0 Å². The molecule has 0 bridgehead atoms. The van der Waals surface area contributed by atoms with Crippen molar-refractivity contribution in [3.63, 3.8) is 0 Å². The second kappa shape index (κ2) is 4.82. The molecule has 0 spiro atoms. The third kappa shape index (κ3) is 2.24. The molecule has 0 aromatic carbocycles. The number of aryl methyl sites for hydroxylation is 2. The van der Waals surface area contributed by atoms with E-state index in [-0.39, 0.29) is 12.5 Å². The molecular formula is C13H17N5O2. The summed E-state index contributed by atoms with van der Waals surface area (Å²) in [4.78, 5) is 13.0. The molecule has 7 heteroatoms. The van der Waals surface area contributed by atoms with Crippen LogP contribution < -0.4 is 4.74 Å². The number of nitrogens with zero attached hydrogens (tertiary/aromatic N) is 5. The van der Waals surface area contributed by atoms with Gasteiger partial charge in [-0.3, -0.25) is 0 Å². The van der Waals surface area contributed by atoms with Gasteiger partial charge in [0.1, 0.15) is 11.6 Å². The molecule has 1 saturated carbocycles. The van der Waals surface area contributed by atoms with Crippen molar-refractivity contribution in [3.8, 4) is 11.8 Å². The quantitative estimate of drug-likeness (QED) is 0.887. The Labute approximate surface area is 116 Å². The minimum Gasteiger partial charge on any atom is -0.467 e. The highest BCUT2D eigenvalue weighted by Crippen LogP contribution is 2.46. The first-order valence-corrected chi connectivity index (χ1v) is 6.57. The Kier molecular flexibility index (Phi) is 3.13. The third-order valence-corrected chi connectivity index (χ3v) is 3.52. The average molecular weight is 275 g/mol. The number of aliphatic hydroxyl groups is 1. The van der Waals surface area contributed by atoms with E-state index in [2.05, 4.69) is 20.1 Å². The Balaban J connectivity index is 2.02. The summed E-state index contributed by atoms with van der Waals surface area (Å²) in [6, 6.07) is 2.21. The third-order valence-electron chi connectivity index (χ3n) is 3.52. The van der Waals surface area contributed by atoms with Crippen LogP contribution >= 0.6 is 0 Å². The fourth-order valence-corrected chi connectivity index (χ4v) is 2.37. The average Bonchev–Trinajstić information content (AvgIpc) is 3.16.